The summed E-state index contributed by atoms with van der Waals surface area (Å²) in [5.41, 5.74) is 1.95. The maximum Gasteiger partial charge on any atom is 0.302 e. The number of aliphatic hydroxyl groups excluding tert-OH is 1. The summed E-state index contributed by atoms with van der Waals surface area (Å²) < 4.78 is 25.0. The van der Waals surface area contributed by atoms with E-state index < -0.39 is 23.5 Å². The number of carbonyl (C=O) groups excluding carboxylic acids is 2. The fraction of sp³-hybridized carbons (Fsp3) is 0.160. The summed E-state index contributed by atoms with van der Waals surface area (Å²) in [5.74, 6) is -1.53. The number of hydrogen-bond donors (Lipinski definition) is 2. The SMILES string of the molecule is CC1Cc2cc(/C(O)=C3\C(=O)C(=O)N(c4nc5ccc(F)cc5[nH]4)C3c3ccco3)ccc2O1. The van der Waals surface area contributed by atoms with Crippen molar-refractivity contribution in [1.82, 2.24) is 9.97 Å². The van der Waals surface area contributed by atoms with Gasteiger partial charge in [-0.2, -0.15) is 0 Å². The van der Waals surface area contributed by atoms with Crippen LogP contribution in [0.2, 0.25) is 0 Å². The number of Topliss-reactive ketones (excluding diaryl/α,β-unsaturated/α-hetero) is 1. The maximum absolute atomic E-state index is 13.7. The number of aromatic amines is 1. The molecule has 0 bridgehead atoms. The number of fused-ring (bicyclic) bond motifs is 2. The van der Waals surface area contributed by atoms with Crippen molar-refractivity contribution in [2.45, 2.75) is 25.5 Å². The number of aromatic nitrogens is 2. The Kier molecular flexibility index (Phi) is 4.35. The first kappa shape index (κ1) is 20.2. The topological polar surface area (TPSA) is 109 Å². The van der Waals surface area contributed by atoms with Crippen LogP contribution in [-0.4, -0.2) is 32.9 Å². The fourth-order valence-corrected chi connectivity index (χ4v) is 4.57. The molecule has 2 aliphatic rings. The minimum absolute atomic E-state index is 0.0130. The fourth-order valence-electron chi connectivity index (χ4n) is 4.57. The molecule has 170 valence electrons. The zero-order valence-electron chi connectivity index (χ0n) is 17.9. The van der Waals surface area contributed by atoms with E-state index in [4.69, 9.17) is 9.15 Å². The van der Waals surface area contributed by atoms with E-state index >= 15 is 0 Å². The second kappa shape index (κ2) is 7.31. The molecule has 2 aliphatic heterocycles. The number of nitrogens with one attached hydrogen (secondary N) is 1. The Balaban J connectivity index is 1.51. The molecule has 8 nitrogen and oxygen atoms in total. The number of hydrogen-bond acceptors (Lipinski definition) is 6. The molecule has 6 rings (SSSR count). The number of nitrogens with zero attached hydrogens (tertiary/aromatic N) is 2. The number of anilines is 1. The molecule has 4 heterocycles. The third-order valence-electron chi connectivity index (χ3n) is 6.09. The van der Waals surface area contributed by atoms with Gasteiger partial charge in [0.15, 0.2) is 0 Å². The minimum Gasteiger partial charge on any atom is -0.507 e. The highest BCUT2D eigenvalue weighted by Crippen LogP contribution is 2.42. The number of benzene rings is 2. The summed E-state index contributed by atoms with van der Waals surface area (Å²) in [5, 5.41) is 11.2. The molecule has 0 spiro atoms. The molecule has 1 saturated heterocycles. The van der Waals surface area contributed by atoms with Crippen molar-refractivity contribution in [2.75, 3.05) is 4.90 Å². The first-order valence-corrected chi connectivity index (χ1v) is 10.7. The molecule has 2 aromatic heterocycles. The van der Waals surface area contributed by atoms with Crippen molar-refractivity contribution in [3.63, 3.8) is 0 Å². The Bertz CT molecular complexity index is 1500. The Morgan fingerprint density at radius 1 is 1.21 bits per heavy atom. The van der Waals surface area contributed by atoms with Crippen molar-refractivity contribution in [3.05, 3.63) is 83.1 Å². The van der Waals surface area contributed by atoms with E-state index in [1.807, 2.05) is 6.92 Å². The number of aliphatic hydroxyl groups is 1. The Hall–Kier alpha value is -4.40. The summed E-state index contributed by atoms with van der Waals surface area (Å²) in [4.78, 5) is 34.8. The van der Waals surface area contributed by atoms with Crippen LogP contribution in [0.3, 0.4) is 0 Å². The molecule has 2 N–H and O–H groups in total. The summed E-state index contributed by atoms with van der Waals surface area (Å²) in [6.07, 6.45) is 2.10. The molecule has 2 aromatic carbocycles. The van der Waals surface area contributed by atoms with Gasteiger partial charge in [0, 0.05) is 12.0 Å². The molecule has 0 radical (unpaired) electrons. The lowest BCUT2D eigenvalue weighted by Gasteiger charge is -2.20. The van der Waals surface area contributed by atoms with E-state index in [1.165, 1.54) is 24.5 Å². The summed E-state index contributed by atoms with van der Waals surface area (Å²) in [6.45, 7) is 1.95. The molecule has 4 aromatic rings. The lowest BCUT2D eigenvalue weighted by molar-refractivity contribution is -0.132. The van der Waals surface area contributed by atoms with Crippen LogP contribution in [0.25, 0.3) is 16.8 Å². The highest BCUT2D eigenvalue weighted by Gasteiger charge is 2.49. The maximum atomic E-state index is 13.7. The highest BCUT2D eigenvalue weighted by atomic mass is 19.1. The monoisotopic (exact) mass is 459 g/mol. The lowest BCUT2D eigenvalue weighted by Crippen LogP contribution is -2.30. The molecular weight excluding hydrogens is 441 g/mol. The van der Waals surface area contributed by atoms with E-state index in [0.717, 1.165) is 16.2 Å². The van der Waals surface area contributed by atoms with E-state index in [1.54, 1.807) is 30.3 Å². The van der Waals surface area contributed by atoms with E-state index in [9.17, 15) is 19.1 Å². The number of amides is 1. The van der Waals surface area contributed by atoms with Crippen LogP contribution in [0.5, 0.6) is 5.75 Å². The number of rotatable bonds is 3. The first-order chi connectivity index (χ1) is 16.4. The van der Waals surface area contributed by atoms with Gasteiger partial charge >= 0.3 is 5.91 Å². The number of ether oxygens (including phenoxy) is 1. The molecule has 2 unspecified atom stereocenters. The van der Waals surface area contributed by atoms with E-state index in [-0.39, 0.29) is 29.1 Å². The average Bonchev–Trinajstić information content (AvgIpc) is 3.58. The van der Waals surface area contributed by atoms with Gasteiger partial charge in [-0.1, -0.05) is 0 Å². The first-order valence-electron chi connectivity index (χ1n) is 10.7. The highest BCUT2D eigenvalue weighted by molar-refractivity contribution is 6.51. The molecule has 0 aliphatic carbocycles. The van der Waals surface area contributed by atoms with Gasteiger partial charge < -0.3 is 19.2 Å². The Morgan fingerprint density at radius 3 is 2.85 bits per heavy atom. The predicted octanol–water partition coefficient (Wildman–Crippen LogP) is 4.24. The largest absolute Gasteiger partial charge is 0.507 e. The van der Waals surface area contributed by atoms with Gasteiger partial charge in [-0.3, -0.25) is 14.5 Å². The second-order valence-electron chi connectivity index (χ2n) is 8.36. The summed E-state index contributed by atoms with van der Waals surface area (Å²) in [7, 11) is 0. The van der Waals surface area contributed by atoms with Crippen LogP contribution < -0.4 is 9.64 Å². The van der Waals surface area contributed by atoms with Crippen molar-refractivity contribution in [1.29, 1.82) is 0 Å². The number of halogens is 1. The van der Waals surface area contributed by atoms with Crippen LogP contribution in [-0.2, 0) is 16.0 Å². The van der Waals surface area contributed by atoms with Crippen molar-refractivity contribution < 1.29 is 28.2 Å². The van der Waals surface area contributed by atoms with Crippen LogP contribution >= 0.6 is 0 Å². The van der Waals surface area contributed by atoms with Gasteiger partial charge in [0.1, 0.15) is 35.2 Å². The smallest absolute Gasteiger partial charge is 0.302 e. The Labute approximate surface area is 192 Å². The minimum atomic E-state index is -1.07. The van der Waals surface area contributed by atoms with Crippen LogP contribution in [0, 0.1) is 5.82 Å². The number of ketones is 1. The normalized spacial score (nSPS) is 21.3. The lowest BCUT2D eigenvalue weighted by atomic mass is 9.97. The molecule has 0 saturated carbocycles. The average molecular weight is 459 g/mol. The second-order valence-corrected chi connectivity index (χ2v) is 8.36. The van der Waals surface area contributed by atoms with Gasteiger partial charge in [0.05, 0.1) is 22.9 Å². The molecule has 1 fully saturated rings. The zero-order valence-corrected chi connectivity index (χ0v) is 17.9. The van der Waals surface area contributed by atoms with Crippen LogP contribution in [0.15, 0.2) is 64.8 Å². The standard InChI is InChI=1S/C25H18FN3O5/c1-12-9-14-10-13(4-7-18(14)34-12)22(30)20-21(19-3-2-8-33-19)29(24(32)23(20)31)25-27-16-6-5-15(26)11-17(16)28-25/h2-8,10-12,21,30H,9H2,1H3,(H,27,28)/b22-20+. The molecule has 2 atom stereocenters. The Morgan fingerprint density at radius 2 is 2.06 bits per heavy atom. The molecular formula is C25H18FN3O5. The summed E-state index contributed by atoms with van der Waals surface area (Å²) in [6, 6.07) is 11.3. The molecule has 1 amide bonds. The van der Waals surface area contributed by atoms with Crippen molar-refractivity contribution in [3.8, 4) is 5.75 Å². The van der Waals surface area contributed by atoms with Gasteiger partial charge in [-0.15, -0.1) is 0 Å². The molecule has 9 heteroatoms. The van der Waals surface area contributed by atoms with Crippen molar-refractivity contribution in [2.24, 2.45) is 0 Å². The van der Waals surface area contributed by atoms with Gasteiger partial charge in [-0.05, 0) is 61.0 Å². The van der Waals surface area contributed by atoms with E-state index in [0.29, 0.717) is 23.0 Å². The van der Waals surface area contributed by atoms with Gasteiger partial charge in [-0.25, -0.2) is 9.37 Å². The summed E-state index contributed by atoms with van der Waals surface area (Å²) >= 11 is 0. The van der Waals surface area contributed by atoms with Crippen LogP contribution in [0.4, 0.5) is 10.3 Å². The number of imidazole rings is 1. The van der Waals surface area contributed by atoms with Gasteiger partial charge in [0.2, 0.25) is 5.95 Å². The third-order valence-corrected chi connectivity index (χ3v) is 6.09. The van der Waals surface area contributed by atoms with Crippen LogP contribution in [0.1, 0.15) is 29.9 Å². The quantitative estimate of drug-likeness (QED) is 0.269. The third kappa shape index (κ3) is 3.01. The number of carbonyl (C=O) groups is 2. The van der Waals surface area contributed by atoms with Crippen molar-refractivity contribution >= 4 is 34.4 Å². The predicted molar refractivity (Wildman–Crippen MR) is 120 cm³/mol. The van der Waals surface area contributed by atoms with E-state index in [2.05, 4.69) is 9.97 Å². The number of H-pyrrole nitrogens is 1. The number of furan rings is 1. The van der Waals surface area contributed by atoms with Gasteiger partial charge in [0.25, 0.3) is 5.78 Å². The zero-order chi connectivity index (χ0) is 23.6. The molecule has 34 heavy (non-hydrogen) atoms.